The fourth-order valence-corrected chi connectivity index (χ4v) is 2.38. The SMILES string of the molecule is CCCCCC[C@H](NC(=O)c1ccccc1NC(C)=O)C(=O)OC. The summed E-state index contributed by atoms with van der Waals surface area (Å²) in [5.74, 6) is -1.14. The van der Waals surface area contributed by atoms with Gasteiger partial charge in [0, 0.05) is 6.92 Å². The molecule has 1 rings (SSSR count). The second-order valence-corrected chi connectivity index (χ2v) is 5.63. The number of hydrogen-bond donors (Lipinski definition) is 2. The molecule has 1 atom stereocenters. The van der Waals surface area contributed by atoms with Gasteiger partial charge in [0.05, 0.1) is 18.4 Å². The minimum Gasteiger partial charge on any atom is -0.467 e. The average Bonchev–Trinajstić information content (AvgIpc) is 2.56. The van der Waals surface area contributed by atoms with Gasteiger partial charge in [-0.1, -0.05) is 44.7 Å². The monoisotopic (exact) mass is 334 g/mol. The van der Waals surface area contributed by atoms with Gasteiger partial charge in [-0.3, -0.25) is 9.59 Å². The van der Waals surface area contributed by atoms with Crippen LogP contribution in [0, 0.1) is 0 Å². The van der Waals surface area contributed by atoms with Crippen LogP contribution in [0.5, 0.6) is 0 Å². The summed E-state index contributed by atoms with van der Waals surface area (Å²) in [6, 6.07) is 5.99. The van der Waals surface area contributed by atoms with Crippen LogP contribution >= 0.6 is 0 Å². The Morgan fingerprint density at radius 1 is 1.12 bits per heavy atom. The maximum Gasteiger partial charge on any atom is 0.328 e. The summed E-state index contributed by atoms with van der Waals surface area (Å²) in [4.78, 5) is 35.6. The van der Waals surface area contributed by atoms with E-state index in [1.807, 2.05) is 0 Å². The molecule has 0 saturated heterocycles. The molecule has 0 aliphatic rings. The summed E-state index contributed by atoms with van der Waals surface area (Å²) in [5, 5.41) is 5.32. The highest BCUT2D eigenvalue weighted by Gasteiger charge is 2.23. The van der Waals surface area contributed by atoms with Crippen molar-refractivity contribution in [3.8, 4) is 0 Å². The number of amides is 2. The van der Waals surface area contributed by atoms with E-state index in [0.717, 1.165) is 25.7 Å². The van der Waals surface area contributed by atoms with Gasteiger partial charge in [0.15, 0.2) is 0 Å². The highest BCUT2D eigenvalue weighted by atomic mass is 16.5. The molecule has 0 unspecified atom stereocenters. The number of nitrogens with one attached hydrogen (secondary N) is 2. The molecule has 0 aliphatic heterocycles. The molecule has 0 fully saturated rings. The molecule has 1 aromatic carbocycles. The van der Waals surface area contributed by atoms with E-state index in [0.29, 0.717) is 17.7 Å². The summed E-state index contributed by atoms with van der Waals surface area (Å²) >= 11 is 0. The van der Waals surface area contributed by atoms with E-state index in [4.69, 9.17) is 4.74 Å². The zero-order valence-corrected chi connectivity index (χ0v) is 14.6. The third-order valence-electron chi connectivity index (χ3n) is 3.62. The number of carbonyl (C=O) groups is 3. The minimum atomic E-state index is -0.690. The van der Waals surface area contributed by atoms with Gasteiger partial charge >= 0.3 is 5.97 Å². The van der Waals surface area contributed by atoms with Crippen molar-refractivity contribution in [2.24, 2.45) is 0 Å². The topological polar surface area (TPSA) is 84.5 Å². The predicted molar refractivity (Wildman–Crippen MR) is 92.8 cm³/mol. The third kappa shape index (κ3) is 6.40. The number of carbonyl (C=O) groups excluding carboxylic acids is 3. The summed E-state index contributed by atoms with van der Waals surface area (Å²) in [6.07, 6.45) is 4.55. The average molecular weight is 334 g/mol. The van der Waals surface area contributed by atoms with Gasteiger partial charge in [0.2, 0.25) is 5.91 Å². The standard InChI is InChI=1S/C18H26N2O4/c1-4-5-6-7-12-16(18(23)24-3)20-17(22)14-10-8-9-11-15(14)19-13(2)21/h8-11,16H,4-7,12H2,1-3H3,(H,19,21)(H,20,22)/t16-/m0/s1. The Morgan fingerprint density at radius 3 is 2.46 bits per heavy atom. The fourth-order valence-electron chi connectivity index (χ4n) is 2.38. The minimum absolute atomic E-state index is 0.265. The van der Waals surface area contributed by atoms with E-state index in [2.05, 4.69) is 17.6 Å². The van der Waals surface area contributed by atoms with Gasteiger partial charge in [-0.25, -0.2) is 4.79 Å². The van der Waals surface area contributed by atoms with E-state index in [-0.39, 0.29) is 5.91 Å². The van der Waals surface area contributed by atoms with Crippen LogP contribution in [0.3, 0.4) is 0 Å². The number of hydrogen-bond acceptors (Lipinski definition) is 4. The molecule has 2 amide bonds. The number of ether oxygens (including phenoxy) is 1. The third-order valence-corrected chi connectivity index (χ3v) is 3.62. The van der Waals surface area contributed by atoms with Crippen molar-refractivity contribution in [3.05, 3.63) is 29.8 Å². The number of para-hydroxylation sites is 1. The lowest BCUT2D eigenvalue weighted by molar-refractivity contribution is -0.143. The second kappa shape index (κ2) is 10.4. The lowest BCUT2D eigenvalue weighted by Gasteiger charge is -2.17. The molecule has 24 heavy (non-hydrogen) atoms. The van der Waals surface area contributed by atoms with Crippen molar-refractivity contribution < 1.29 is 19.1 Å². The molecule has 0 saturated carbocycles. The van der Waals surface area contributed by atoms with Gasteiger partial charge in [0.25, 0.3) is 5.91 Å². The van der Waals surface area contributed by atoms with Crippen LogP contribution in [-0.4, -0.2) is 30.9 Å². The lowest BCUT2D eigenvalue weighted by atomic mass is 10.1. The molecule has 0 aliphatic carbocycles. The molecule has 0 heterocycles. The van der Waals surface area contributed by atoms with E-state index in [1.165, 1.54) is 14.0 Å². The normalized spacial score (nSPS) is 11.5. The first kappa shape index (κ1) is 19.7. The molecule has 0 radical (unpaired) electrons. The van der Waals surface area contributed by atoms with E-state index >= 15 is 0 Å². The Morgan fingerprint density at radius 2 is 1.83 bits per heavy atom. The molecule has 1 aromatic rings. The van der Waals surface area contributed by atoms with Crippen LogP contribution in [0.1, 0.15) is 56.3 Å². The summed E-state index contributed by atoms with van der Waals surface area (Å²) in [6.45, 7) is 3.48. The van der Waals surface area contributed by atoms with Crippen molar-refractivity contribution >= 4 is 23.5 Å². The summed E-state index contributed by atoms with van der Waals surface area (Å²) in [5.41, 5.74) is 0.729. The van der Waals surface area contributed by atoms with Crippen LogP contribution in [0.2, 0.25) is 0 Å². The van der Waals surface area contributed by atoms with Gasteiger partial charge in [-0.05, 0) is 18.6 Å². The maximum absolute atomic E-state index is 12.5. The predicted octanol–water partition coefficient (Wildman–Crippen LogP) is 2.89. The van der Waals surface area contributed by atoms with Gasteiger partial charge in [-0.2, -0.15) is 0 Å². The molecular formula is C18H26N2O4. The van der Waals surface area contributed by atoms with Crippen LogP contribution in [0.25, 0.3) is 0 Å². The quantitative estimate of drug-likeness (QED) is 0.537. The molecule has 0 spiro atoms. The van der Waals surface area contributed by atoms with Crippen molar-refractivity contribution in [3.63, 3.8) is 0 Å². The number of methoxy groups -OCH3 is 1. The van der Waals surface area contributed by atoms with Crippen LogP contribution in [0.4, 0.5) is 5.69 Å². The zero-order chi connectivity index (χ0) is 17.9. The van der Waals surface area contributed by atoms with Gasteiger partial charge in [-0.15, -0.1) is 0 Å². The number of benzene rings is 1. The van der Waals surface area contributed by atoms with Crippen LogP contribution in [0.15, 0.2) is 24.3 Å². The molecule has 6 heteroatoms. The Kier molecular flexibility index (Phi) is 8.54. The first-order chi connectivity index (χ1) is 11.5. The van der Waals surface area contributed by atoms with E-state index in [1.54, 1.807) is 24.3 Å². The lowest BCUT2D eigenvalue weighted by Crippen LogP contribution is -2.41. The zero-order valence-electron chi connectivity index (χ0n) is 14.6. The number of esters is 1. The Bertz CT molecular complexity index is 572. The number of rotatable bonds is 9. The highest BCUT2D eigenvalue weighted by Crippen LogP contribution is 2.16. The van der Waals surface area contributed by atoms with E-state index < -0.39 is 17.9 Å². The Balaban J connectivity index is 2.80. The van der Waals surface area contributed by atoms with Crippen molar-refractivity contribution in [1.29, 1.82) is 0 Å². The molecule has 132 valence electrons. The summed E-state index contributed by atoms with van der Waals surface area (Å²) in [7, 11) is 1.30. The Labute approximate surface area is 143 Å². The van der Waals surface area contributed by atoms with Crippen molar-refractivity contribution in [2.45, 2.75) is 52.0 Å². The first-order valence-corrected chi connectivity index (χ1v) is 8.24. The highest BCUT2D eigenvalue weighted by molar-refractivity contribution is 6.04. The molecule has 0 aromatic heterocycles. The van der Waals surface area contributed by atoms with Crippen LogP contribution < -0.4 is 10.6 Å². The number of anilines is 1. The fraction of sp³-hybridized carbons (Fsp3) is 0.500. The molecule has 0 bridgehead atoms. The molecule has 2 N–H and O–H groups in total. The van der Waals surface area contributed by atoms with Crippen molar-refractivity contribution in [1.82, 2.24) is 5.32 Å². The smallest absolute Gasteiger partial charge is 0.328 e. The second-order valence-electron chi connectivity index (χ2n) is 5.63. The van der Waals surface area contributed by atoms with Crippen LogP contribution in [-0.2, 0) is 14.3 Å². The molecular weight excluding hydrogens is 308 g/mol. The van der Waals surface area contributed by atoms with Gasteiger partial charge in [0.1, 0.15) is 6.04 Å². The Hall–Kier alpha value is -2.37. The molecule has 6 nitrogen and oxygen atoms in total. The summed E-state index contributed by atoms with van der Waals surface area (Å²) < 4.78 is 4.78. The first-order valence-electron chi connectivity index (χ1n) is 8.24. The van der Waals surface area contributed by atoms with Crippen molar-refractivity contribution in [2.75, 3.05) is 12.4 Å². The number of unbranched alkanes of at least 4 members (excludes halogenated alkanes) is 3. The maximum atomic E-state index is 12.5. The van der Waals surface area contributed by atoms with Gasteiger partial charge < -0.3 is 15.4 Å². The largest absolute Gasteiger partial charge is 0.467 e. The van der Waals surface area contributed by atoms with E-state index in [9.17, 15) is 14.4 Å².